The highest BCUT2D eigenvalue weighted by Crippen LogP contribution is 2.20. The molecule has 5 heteroatoms. The first-order valence-electron chi connectivity index (χ1n) is 10.5. The minimum atomic E-state index is -0.665. The van der Waals surface area contributed by atoms with E-state index in [2.05, 4.69) is 10.6 Å². The highest BCUT2D eigenvalue weighted by Gasteiger charge is 2.21. The summed E-state index contributed by atoms with van der Waals surface area (Å²) in [5.41, 5.74) is 2.99. The summed E-state index contributed by atoms with van der Waals surface area (Å²) in [6.45, 7) is 5.81. The van der Waals surface area contributed by atoms with Crippen molar-refractivity contribution >= 4 is 17.5 Å². The second kappa shape index (κ2) is 10.4. The number of hydrogen-bond donors (Lipinski definition) is 2. The third-order valence-corrected chi connectivity index (χ3v) is 5.04. The number of carbonyl (C=O) groups is 2. The summed E-state index contributed by atoms with van der Waals surface area (Å²) in [5.74, 6) is 0.0921. The number of ether oxygens (including phenoxy) is 1. The van der Waals surface area contributed by atoms with Gasteiger partial charge in [0.25, 0.3) is 11.8 Å². The van der Waals surface area contributed by atoms with E-state index in [9.17, 15) is 9.59 Å². The first-order valence-corrected chi connectivity index (χ1v) is 10.5. The van der Waals surface area contributed by atoms with Crippen LogP contribution in [0.3, 0.4) is 0 Å². The molecule has 3 aromatic carbocycles. The summed E-state index contributed by atoms with van der Waals surface area (Å²) < 4.78 is 5.86. The number of aryl methyl sites for hydroxylation is 1. The van der Waals surface area contributed by atoms with Crippen LogP contribution in [0, 0.1) is 6.92 Å². The van der Waals surface area contributed by atoms with Crippen molar-refractivity contribution in [1.29, 1.82) is 0 Å². The number of anilines is 1. The number of benzene rings is 3. The third-order valence-electron chi connectivity index (χ3n) is 5.04. The molecule has 0 unspecified atom stereocenters. The molecule has 2 atom stereocenters. The standard InChI is InChI=1S/C26H28N2O3/c1-4-24(31-21-16-14-18(2)15-17-21)26(30)28-23-13-9-8-12-22(23)25(29)27-19(3)20-10-6-5-7-11-20/h5-17,19,24H,4H2,1-3H3,(H,27,29)(H,28,30)/t19-,24+/m0/s1. The van der Waals surface area contributed by atoms with Gasteiger partial charge in [0.15, 0.2) is 6.10 Å². The lowest BCUT2D eigenvalue weighted by atomic mass is 10.1. The fraction of sp³-hybridized carbons (Fsp3) is 0.231. The van der Waals surface area contributed by atoms with Crippen molar-refractivity contribution in [3.05, 3.63) is 95.6 Å². The molecule has 0 aromatic heterocycles. The Kier molecular flexibility index (Phi) is 7.44. The number of hydrogen-bond acceptors (Lipinski definition) is 3. The maximum atomic E-state index is 12.9. The molecule has 0 fully saturated rings. The molecule has 0 radical (unpaired) electrons. The van der Waals surface area contributed by atoms with Crippen LogP contribution < -0.4 is 15.4 Å². The van der Waals surface area contributed by atoms with E-state index < -0.39 is 6.10 Å². The van der Waals surface area contributed by atoms with E-state index in [4.69, 9.17) is 4.74 Å². The Morgan fingerprint density at radius 2 is 1.55 bits per heavy atom. The predicted octanol–water partition coefficient (Wildman–Crippen LogP) is 5.28. The van der Waals surface area contributed by atoms with Gasteiger partial charge >= 0.3 is 0 Å². The van der Waals surface area contributed by atoms with Crippen LogP contribution in [0.25, 0.3) is 0 Å². The normalized spacial score (nSPS) is 12.5. The zero-order valence-electron chi connectivity index (χ0n) is 18.1. The van der Waals surface area contributed by atoms with E-state index in [1.165, 1.54) is 0 Å². The molecule has 3 rings (SSSR count). The molecule has 0 aliphatic carbocycles. The van der Waals surface area contributed by atoms with Gasteiger partial charge in [-0.25, -0.2) is 0 Å². The molecule has 31 heavy (non-hydrogen) atoms. The van der Waals surface area contributed by atoms with Gasteiger partial charge in [-0.05, 0) is 50.1 Å². The predicted molar refractivity (Wildman–Crippen MR) is 123 cm³/mol. The van der Waals surface area contributed by atoms with Crippen LogP contribution in [0.5, 0.6) is 5.75 Å². The number of carbonyl (C=O) groups excluding carboxylic acids is 2. The van der Waals surface area contributed by atoms with Crippen molar-refractivity contribution in [2.75, 3.05) is 5.32 Å². The van der Waals surface area contributed by atoms with Crippen molar-refractivity contribution < 1.29 is 14.3 Å². The molecule has 3 aromatic rings. The number of amides is 2. The maximum Gasteiger partial charge on any atom is 0.265 e. The topological polar surface area (TPSA) is 67.4 Å². The molecule has 2 N–H and O–H groups in total. The lowest BCUT2D eigenvalue weighted by molar-refractivity contribution is -0.122. The van der Waals surface area contributed by atoms with Gasteiger partial charge in [0.1, 0.15) is 5.75 Å². The van der Waals surface area contributed by atoms with Gasteiger partial charge in [-0.1, -0.05) is 67.1 Å². The van der Waals surface area contributed by atoms with Crippen molar-refractivity contribution in [2.45, 2.75) is 39.3 Å². The Bertz CT molecular complexity index is 1020. The number of nitrogens with one attached hydrogen (secondary N) is 2. The van der Waals surface area contributed by atoms with Crippen LogP contribution in [0.2, 0.25) is 0 Å². The molecule has 160 valence electrons. The van der Waals surface area contributed by atoms with Gasteiger partial charge in [0.2, 0.25) is 0 Å². The second-order valence-corrected chi connectivity index (χ2v) is 7.47. The molecule has 0 aliphatic rings. The van der Waals surface area contributed by atoms with Crippen molar-refractivity contribution in [1.82, 2.24) is 5.32 Å². The molecular formula is C26H28N2O3. The van der Waals surface area contributed by atoms with Gasteiger partial charge in [-0.15, -0.1) is 0 Å². The van der Waals surface area contributed by atoms with Gasteiger partial charge in [-0.3, -0.25) is 9.59 Å². The first-order chi connectivity index (χ1) is 15.0. The van der Waals surface area contributed by atoms with E-state index in [1.807, 2.05) is 75.4 Å². The second-order valence-electron chi connectivity index (χ2n) is 7.47. The van der Waals surface area contributed by atoms with E-state index in [-0.39, 0.29) is 17.9 Å². The average molecular weight is 417 g/mol. The molecule has 0 saturated carbocycles. The Morgan fingerprint density at radius 3 is 2.23 bits per heavy atom. The minimum absolute atomic E-state index is 0.161. The Hall–Kier alpha value is -3.60. The summed E-state index contributed by atoms with van der Waals surface area (Å²) in [7, 11) is 0. The first kappa shape index (κ1) is 22.1. The van der Waals surface area contributed by atoms with Crippen LogP contribution in [-0.2, 0) is 4.79 Å². The van der Waals surface area contributed by atoms with Crippen molar-refractivity contribution in [3.8, 4) is 5.75 Å². The third kappa shape index (κ3) is 5.95. The highest BCUT2D eigenvalue weighted by atomic mass is 16.5. The van der Waals surface area contributed by atoms with E-state index in [0.29, 0.717) is 23.4 Å². The Morgan fingerprint density at radius 1 is 0.903 bits per heavy atom. The SMILES string of the molecule is CC[C@@H](Oc1ccc(C)cc1)C(=O)Nc1ccccc1C(=O)N[C@@H](C)c1ccccc1. The molecule has 0 saturated heterocycles. The Balaban J connectivity index is 1.70. The van der Waals surface area contributed by atoms with Gasteiger partial charge < -0.3 is 15.4 Å². The van der Waals surface area contributed by atoms with Gasteiger partial charge in [-0.2, -0.15) is 0 Å². The Labute approximate surface area is 183 Å². The van der Waals surface area contributed by atoms with E-state index >= 15 is 0 Å². The zero-order chi connectivity index (χ0) is 22.2. The lowest BCUT2D eigenvalue weighted by Gasteiger charge is -2.19. The van der Waals surface area contributed by atoms with Gasteiger partial charge in [0, 0.05) is 0 Å². The zero-order valence-corrected chi connectivity index (χ0v) is 18.1. The van der Waals surface area contributed by atoms with Crippen LogP contribution >= 0.6 is 0 Å². The summed E-state index contributed by atoms with van der Waals surface area (Å²) in [6, 6.07) is 24.1. The molecule has 0 spiro atoms. The number of rotatable bonds is 8. The van der Waals surface area contributed by atoms with E-state index in [1.54, 1.807) is 24.3 Å². The van der Waals surface area contributed by atoms with E-state index in [0.717, 1.165) is 11.1 Å². The average Bonchev–Trinajstić information content (AvgIpc) is 2.79. The molecule has 0 heterocycles. The monoisotopic (exact) mass is 416 g/mol. The summed E-state index contributed by atoms with van der Waals surface area (Å²) in [4.78, 5) is 25.8. The lowest BCUT2D eigenvalue weighted by Crippen LogP contribution is -2.34. The van der Waals surface area contributed by atoms with Crippen molar-refractivity contribution in [2.24, 2.45) is 0 Å². The largest absolute Gasteiger partial charge is 0.481 e. The molecule has 2 amide bonds. The summed E-state index contributed by atoms with van der Waals surface area (Å²) in [5, 5.41) is 5.86. The molecule has 0 aliphatic heterocycles. The molecule has 5 nitrogen and oxygen atoms in total. The minimum Gasteiger partial charge on any atom is -0.481 e. The maximum absolute atomic E-state index is 12.9. The summed E-state index contributed by atoms with van der Waals surface area (Å²) in [6.07, 6.45) is -0.166. The van der Waals surface area contributed by atoms with Crippen LogP contribution in [-0.4, -0.2) is 17.9 Å². The highest BCUT2D eigenvalue weighted by molar-refractivity contribution is 6.04. The fourth-order valence-electron chi connectivity index (χ4n) is 3.21. The number of para-hydroxylation sites is 1. The van der Waals surface area contributed by atoms with Crippen molar-refractivity contribution in [3.63, 3.8) is 0 Å². The quantitative estimate of drug-likeness (QED) is 0.525. The van der Waals surface area contributed by atoms with Crippen LogP contribution in [0.1, 0.15) is 47.8 Å². The van der Waals surface area contributed by atoms with Crippen LogP contribution in [0.15, 0.2) is 78.9 Å². The smallest absolute Gasteiger partial charge is 0.265 e. The molecular weight excluding hydrogens is 388 g/mol. The van der Waals surface area contributed by atoms with Crippen LogP contribution in [0.4, 0.5) is 5.69 Å². The van der Waals surface area contributed by atoms with Gasteiger partial charge in [0.05, 0.1) is 17.3 Å². The summed E-state index contributed by atoms with van der Waals surface area (Å²) >= 11 is 0. The molecule has 0 bridgehead atoms. The fourth-order valence-corrected chi connectivity index (χ4v) is 3.21.